The van der Waals surface area contributed by atoms with Gasteiger partial charge >= 0.3 is 0 Å². The van der Waals surface area contributed by atoms with Gasteiger partial charge in [-0.3, -0.25) is 4.79 Å². The Balaban J connectivity index is 2.07. The minimum absolute atomic E-state index is 0.518. The van der Waals surface area contributed by atoms with E-state index in [1.807, 2.05) is 0 Å². The number of ketones is 1. The molecule has 0 atom stereocenters. The highest BCUT2D eigenvalue weighted by Gasteiger charge is 2.62. The average Bonchev–Trinajstić information content (AvgIpc) is 2.44. The van der Waals surface area contributed by atoms with Gasteiger partial charge in [0.2, 0.25) is 0 Å². The van der Waals surface area contributed by atoms with Crippen LogP contribution in [0.25, 0.3) is 0 Å². The van der Waals surface area contributed by atoms with Gasteiger partial charge < -0.3 is 0 Å². The molecule has 0 bridgehead atoms. The highest BCUT2D eigenvalue weighted by Crippen LogP contribution is 2.69. The molecule has 0 aliphatic heterocycles. The largest absolute Gasteiger partial charge is 0.300 e. The number of carbonyl (C=O) groups excluding carboxylic acids is 1. The quantitative estimate of drug-likeness (QED) is 0.538. The first-order valence-electron chi connectivity index (χ1n) is 5.28. The lowest BCUT2D eigenvalue weighted by molar-refractivity contribution is -0.118. The molecule has 0 unspecified atom stereocenters. The van der Waals surface area contributed by atoms with Crippen molar-refractivity contribution in [1.29, 1.82) is 0 Å². The molecule has 0 aromatic carbocycles. The number of carbonyl (C=O) groups is 1. The third-order valence-electron chi connectivity index (χ3n) is 4.82. The summed E-state index contributed by atoms with van der Waals surface area (Å²) in [5, 5.41) is 0. The van der Waals surface area contributed by atoms with Crippen molar-refractivity contribution in [3.63, 3.8) is 0 Å². The fourth-order valence-electron chi connectivity index (χ4n) is 4.39. The molecule has 0 radical (unpaired) electrons. The standard InChI is InChI=1S/C11H16O/c12-9-7-10-3-1-4-11(10,8-9)6-2-5-10/h1-8H2. The summed E-state index contributed by atoms with van der Waals surface area (Å²) in [6.07, 6.45) is 10.1. The highest BCUT2D eigenvalue weighted by molar-refractivity contribution is 5.83. The Morgan fingerprint density at radius 2 is 1.25 bits per heavy atom. The topological polar surface area (TPSA) is 17.1 Å². The van der Waals surface area contributed by atoms with Gasteiger partial charge in [0, 0.05) is 12.8 Å². The van der Waals surface area contributed by atoms with Crippen molar-refractivity contribution >= 4 is 5.78 Å². The molecular weight excluding hydrogens is 148 g/mol. The van der Waals surface area contributed by atoms with E-state index >= 15 is 0 Å². The molecule has 66 valence electrons. The maximum Gasteiger partial charge on any atom is 0.134 e. The lowest BCUT2D eigenvalue weighted by atomic mass is 9.71. The van der Waals surface area contributed by atoms with Gasteiger partial charge in [0.05, 0.1) is 0 Å². The number of hydrogen-bond donors (Lipinski definition) is 0. The normalized spacial score (nSPS) is 51.2. The molecule has 3 saturated carbocycles. The SMILES string of the molecule is O=C1CC23CCCC2(CCC3)C1. The highest BCUT2D eigenvalue weighted by atomic mass is 16.1. The van der Waals surface area contributed by atoms with Crippen LogP contribution in [0.2, 0.25) is 0 Å². The van der Waals surface area contributed by atoms with E-state index < -0.39 is 0 Å². The molecule has 3 fully saturated rings. The molecule has 0 spiro atoms. The molecule has 3 rings (SSSR count). The van der Waals surface area contributed by atoms with Gasteiger partial charge in [-0.1, -0.05) is 12.8 Å². The van der Waals surface area contributed by atoms with Crippen LogP contribution in [-0.2, 0) is 4.79 Å². The summed E-state index contributed by atoms with van der Waals surface area (Å²) >= 11 is 0. The monoisotopic (exact) mass is 164 g/mol. The van der Waals surface area contributed by atoms with E-state index in [9.17, 15) is 4.79 Å². The van der Waals surface area contributed by atoms with Crippen molar-refractivity contribution in [1.82, 2.24) is 0 Å². The lowest BCUT2D eigenvalue weighted by Crippen LogP contribution is -2.25. The molecule has 0 aromatic heterocycles. The summed E-state index contributed by atoms with van der Waals surface area (Å²) in [5.74, 6) is 0.564. The van der Waals surface area contributed by atoms with Gasteiger partial charge in [-0.25, -0.2) is 0 Å². The van der Waals surface area contributed by atoms with E-state index in [4.69, 9.17) is 0 Å². The summed E-state index contributed by atoms with van der Waals surface area (Å²) in [6, 6.07) is 0. The summed E-state index contributed by atoms with van der Waals surface area (Å²) in [5.41, 5.74) is 1.04. The van der Waals surface area contributed by atoms with Gasteiger partial charge in [0.15, 0.2) is 0 Å². The predicted octanol–water partition coefficient (Wildman–Crippen LogP) is 2.69. The molecule has 0 saturated heterocycles. The summed E-state index contributed by atoms with van der Waals surface area (Å²) in [4.78, 5) is 11.5. The van der Waals surface area contributed by atoms with Gasteiger partial charge in [0.25, 0.3) is 0 Å². The number of Topliss-reactive ketones (excluding diaryl/α,β-unsaturated/α-hetero) is 1. The van der Waals surface area contributed by atoms with Crippen LogP contribution in [0.4, 0.5) is 0 Å². The number of rotatable bonds is 0. The van der Waals surface area contributed by atoms with Crippen molar-refractivity contribution in [3.8, 4) is 0 Å². The summed E-state index contributed by atoms with van der Waals surface area (Å²) in [6.45, 7) is 0. The second kappa shape index (κ2) is 1.94. The van der Waals surface area contributed by atoms with Crippen LogP contribution in [0.5, 0.6) is 0 Å². The van der Waals surface area contributed by atoms with Crippen LogP contribution in [0.3, 0.4) is 0 Å². The summed E-state index contributed by atoms with van der Waals surface area (Å²) < 4.78 is 0. The second-order valence-corrected chi connectivity index (χ2v) is 5.16. The lowest BCUT2D eigenvalue weighted by Gasteiger charge is -2.32. The molecule has 3 aliphatic rings. The second-order valence-electron chi connectivity index (χ2n) is 5.16. The van der Waals surface area contributed by atoms with Crippen LogP contribution in [-0.4, -0.2) is 5.78 Å². The number of hydrogen-bond acceptors (Lipinski definition) is 1. The van der Waals surface area contributed by atoms with Crippen LogP contribution in [0, 0.1) is 10.8 Å². The summed E-state index contributed by atoms with van der Waals surface area (Å²) in [7, 11) is 0. The first-order valence-corrected chi connectivity index (χ1v) is 5.28. The predicted molar refractivity (Wildman–Crippen MR) is 46.8 cm³/mol. The zero-order valence-electron chi connectivity index (χ0n) is 7.57. The van der Waals surface area contributed by atoms with Crippen LogP contribution >= 0.6 is 0 Å². The van der Waals surface area contributed by atoms with Gasteiger partial charge in [0.1, 0.15) is 5.78 Å². The minimum Gasteiger partial charge on any atom is -0.300 e. The Morgan fingerprint density at radius 1 is 0.833 bits per heavy atom. The van der Waals surface area contributed by atoms with Crippen molar-refractivity contribution in [2.24, 2.45) is 10.8 Å². The molecule has 12 heavy (non-hydrogen) atoms. The average molecular weight is 164 g/mol. The van der Waals surface area contributed by atoms with Crippen LogP contribution in [0.15, 0.2) is 0 Å². The molecule has 0 N–H and O–H groups in total. The fourth-order valence-corrected chi connectivity index (χ4v) is 4.39. The molecule has 1 heteroatoms. The van der Waals surface area contributed by atoms with E-state index in [1.165, 1.54) is 38.5 Å². The maximum atomic E-state index is 11.5. The zero-order valence-corrected chi connectivity index (χ0v) is 7.57. The van der Waals surface area contributed by atoms with Crippen molar-refractivity contribution < 1.29 is 4.79 Å². The van der Waals surface area contributed by atoms with Crippen molar-refractivity contribution in [2.45, 2.75) is 51.4 Å². The Morgan fingerprint density at radius 3 is 1.67 bits per heavy atom. The molecule has 0 aromatic rings. The Hall–Kier alpha value is -0.330. The Kier molecular flexibility index (Phi) is 1.15. The van der Waals surface area contributed by atoms with Gasteiger partial charge in [-0.2, -0.15) is 0 Å². The van der Waals surface area contributed by atoms with E-state index in [1.54, 1.807) is 0 Å². The van der Waals surface area contributed by atoms with E-state index in [0.29, 0.717) is 16.6 Å². The Labute approximate surface area is 73.5 Å². The smallest absolute Gasteiger partial charge is 0.134 e. The van der Waals surface area contributed by atoms with Gasteiger partial charge in [-0.05, 0) is 36.5 Å². The molecule has 1 nitrogen and oxygen atoms in total. The third kappa shape index (κ3) is 0.605. The van der Waals surface area contributed by atoms with Crippen molar-refractivity contribution in [2.75, 3.05) is 0 Å². The molecule has 0 heterocycles. The molecule has 3 aliphatic carbocycles. The van der Waals surface area contributed by atoms with E-state index in [2.05, 4.69) is 0 Å². The third-order valence-corrected chi connectivity index (χ3v) is 4.82. The first-order chi connectivity index (χ1) is 5.77. The van der Waals surface area contributed by atoms with Crippen LogP contribution in [0.1, 0.15) is 51.4 Å². The minimum atomic E-state index is 0.518. The van der Waals surface area contributed by atoms with Crippen LogP contribution < -0.4 is 0 Å². The zero-order chi connectivity index (χ0) is 8.23. The first kappa shape index (κ1) is 7.11. The van der Waals surface area contributed by atoms with E-state index in [-0.39, 0.29) is 0 Å². The van der Waals surface area contributed by atoms with Crippen molar-refractivity contribution in [3.05, 3.63) is 0 Å². The van der Waals surface area contributed by atoms with Gasteiger partial charge in [-0.15, -0.1) is 0 Å². The fraction of sp³-hybridized carbons (Fsp3) is 0.909. The molecular formula is C11H16O. The van der Waals surface area contributed by atoms with E-state index in [0.717, 1.165) is 12.8 Å². The molecule has 0 amide bonds. The maximum absolute atomic E-state index is 11.5. The Bertz CT molecular complexity index is 209.